The van der Waals surface area contributed by atoms with Gasteiger partial charge in [0.05, 0.1) is 41.7 Å². The highest BCUT2D eigenvalue weighted by atomic mass is 35.5. The molecule has 8 nitrogen and oxygen atoms in total. The normalized spacial score (nSPS) is 20.4. The van der Waals surface area contributed by atoms with Crippen molar-refractivity contribution in [3.63, 3.8) is 0 Å². The Hall–Kier alpha value is -3.69. The van der Waals surface area contributed by atoms with Crippen LogP contribution in [0.15, 0.2) is 54.7 Å². The molecule has 0 radical (unpaired) electrons. The van der Waals surface area contributed by atoms with Crippen LogP contribution in [0.1, 0.15) is 49.0 Å². The summed E-state index contributed by atoms with van der Waals surface area (Å²) in [5.41, 5.74) is 8.32. The number of rotatable bonds is 8. The molecule has 1 N–H and O–H groups in total. The summed E-state index contributed by atoms with van der Waals surface area (Å²) in [6.45, 7) is 6.80. The molecule has 1 aliphatic carbocycles. The first kappa shape index (κ1) is 31.6. The van der Waals surface area contributed by atoms with Crippen LogP contribution in [0.2, 0.25) is 10.0 Å². The second-order valence-corrected chi connectivity index (χ2v) is 14.6. The summed E-state index contributed by atoms with van der Waals surface area (Å²) in [5, 5.41) is 4.31. The molecule has 3 aliphatic heterocycles. The van der Waals surface area contributed by atoms with Crippen molar-refractivity contribution < 1.29 is 14.3 Å². The fourth-order valence-electron chi connectivity index (χ4n) is 8.24. The fraction of sp³-hybridized carbons (Fsp3) is 0.395. The number of ether oxygens (including phenoxy) is 2. The Morgan fingerprint density at radius 1 is 0.958 bits per heavy atom. The van der Waals surface area contributed by atoms with E-state index in [9.17, 15) is 4.79 Å². The molecule has 1 atom stereocenters. The van der Waals surface area contributed by atoms with Crippen molar-refractivity contribution in [3.8, 4) is 45.1 Å². The smallest absolute Gasteiger partial charge is 0.237 e. The molecule has 3 saturated heterocycles. The molecule has 4 aromatic rings. The van der Waals surface area contributed by atoms with E-state index in [0.29, 0.717) is 40.6 Å². The van der Waals surface area contributed by atoms with Gasteiger partial charge in [-0.1, -0.05) is 72.6 Å². The first-order valence-electron chi connectivity index (χ1n) is 16.7. The summed E-state index contributed by atoms with van der Waals surface area (Å²) in [5.74, 6) is 2.28. The molecule has 1 aromatic heterocycles. The molecule has 1 spiro atoms. The first-order chi connectivity index (χ1) is 23.3. The minimum Gasteiger partial charge on any atom is -0.496 e. The number of carbonyl (C=O) groups excluding carboxylic acids is 1. The number of amides is 1. The van der Waals surface area contributed by atoms with Gasteiger partial charge in [-0.15, -0.1) is 0 Å². The fourth-order valence-corrected chi connectivity index (χ4v) is 8.90. The molecule has 3 aromatic carbocycles. The molecular weight excluding hydrogens is 645 g/mol. The van der Waals surface area contributed by atoms with Crippen LogP contribution in [0.25, 0.3) is 33.5 Å². The van der Waals surface area contributed by atoms with Gasteiger partial charge in [-0.05, 0) is 42.4 Å². The molecule has 8 rings (SSSR count). The lowest BCUT2D eigenvalue weighted by Crippen LogP contribution is -2.66. The number of nitrogens with zero attached hydrogens (tertiary/aromatic N) is 4. The van der Waals surface area contributed by atoms with Crippen LogP contribution < -0.4 is 14.8 Å². The number of fused-ring (bicyclic) bond motifs is 1. The third-order valence-electron chi connectivity index (χ3n) is 10.5. The highest BCUT2D eigenvalue weighted by Crippen LogP contribution is 2.48. The van der Waals surface area contributed by atoms with E-state index in [0.717, 1.165) is 90.6 Å². The molecule has 48 heavy (non-hydrogen) atoms. The minimum atomic E-state index is -0.0906. The first-order valence-corrected chi connectivity index (χ1v) is 17.5. The number of halogens is 2. The number of aryl methyl sites for hydroxylation is 1. The van der Waals surface area contributed by atoms with E-state index in [1.807, 2.05) is 30.3 Å². The average Bonchev–Trinajstić information content (AvgIpc) is 3.67. The largest absolute Gasteiger partial charge is 0.496 e. The van der Waals surface area contributed by atoms with Crippen LogP contribution >= 0.6 is 23.2 Å². The zero-order chi connectivity index (χ0) is 33.2. The average molecular weight is 685 g/mol. The zero-order valence-electron chi connectivity index (χ0n) is 27.5. The number of hydrogen-bond donors (Lipinski definition) is 1. The Kier molecular flexibility index (Phi) is 8.11. The van der Waals surface area contributed by atoms with E-state index in [-0.39, 0.29) is 11.4 Å². The maximum Gasteiger partial charge on any atom is 0.237 e. The van der Waals surface area contributed by atoms with Crippen LogP contribution in [0.5, 0.6) is 11.6 Å². The van der Waals surface area contributed by atoms with Crippen molar-refractivity contribution in [1.29, 1.82) is 0 Å². The van der Waals surface area contributed by atoms with Gasteiger partial charge in [0.25, 0.3) is 0 Å². The van der Waals surface area contributed by atoms with Gasteiger partial charge in [0.15, 0.2) is 0 Å². The van der Waals surface area contributed by atoms with Crippen molar-refractivity contribution in [1.82, 2.24) is 25.1 Å². The number of likely N-dealkylation sites (tertiary alicyclic amines) is 2. The lowest BCUT2D eigenvalue weighted by atomic mass is 9.88. The number of benzene rings is 3. The van der Waals surface area contributed by atoms with Crippen molar-refractivity contribution in [2.24, 2.45) is 5.92 Å². The van der Waals surface area contributed by atoms with Crippen molar-refractivity contribution >= 4 is 29.1 Å². The van der Waals surface area contributed by atoms with Gasteiger partial charge in [0, 0.05) is 73.0 Å². The van der Waals surface area contributed by atoms with E-state index in [2.05, 4.69) is 40.2 Å². The summed E-state index contributed by atoms with van der Waals surface area (Å²) < 4.78 is 11.7. The summed E-state index contributed by atoms with van der Waals surface area (Å²) in [6.07, 6.45) is 5.37. The summed E-state index contributed by atoms with van der Waals surface area (Å²) in [7, 11) is 3.37. The number of aromatic nitrogens is 2. The molecule has 0 saturated carbocycles. The number of carbonyl (C=O) groups is 1. The van der Waals surface area contributed by atoms with E-state index in [4.69, 9.17) is 42.6 Å². The Bertz CT molecular complexity index is 1920. The number of hydrogen-bond acceptors (Lipinski definition) is 7. The van der Waals surface area contributed by atoms with Gasteiger partial charge in [0.2, 0.25) is 11.8 Å². The highest BCUT2D eigenvalue weighted by molar-refractivity contribution is 6.39. The van der Waals surface area contributed by atoms with Crippen molar-refractivity contribution in [3.05, 3.63) is 81.6 Å². The van der Waals surface area contributed by atoms with E-state index in [1.165, 1.54) is 11.1 Å². The van der Waals surface area contributed by atoms with E-state index >= 15 is 0 Å². The Labute approximate surface area is 291 Å². The summed E-state index contributed by atoms with van der Waals surface area (Å²) in [6, 6.07) is 16.8. The Morgan fingerprint density at radius 2 is 1.67 bits per heavy atom. The Balaban J connectivity index is 1.07. The zero-order valence-corrected chi connectivity index (χ0v) is 29.0. The van der Waals surface area contributed by atoms with Crippen LogP contribution in [-0.2, 0) is 17.8 Å². The van der Waals surface area contributed by atoms with Gasteiger partial charge in [-0.3, -0.25) is 19.6 Å². The topological polar surface area (TPSA) is 79.8 Å². The highest BCUT2D eigenvalue weighted by Gasteiger charge is 2.47. The van der Waals surface area contributed by atoms with Gasteiger partial charge >= 0.3 is 0 Å². The molecular formula is C38H39Cl2N5O3. The molecule has 4 aliphatic rings. The molecule has 1 amide bonds. The van der Waals surface area contributed by atoms with Crippen LogP contribution in [0.3, 0.4) is 0 Å². The van der Waals surface area contributed by atoms with Crippen LogP contribution in [-0.4, -0.2) is 71.6 Å². The van der Waals surface area contributed by atoms with Gasteiger partial charge in [-0.2, -0.15) is 0 Å². The quantitative estimate of drug-likeness (QED) is 0.210. The second kappa shape index (κ2) is 12.3. The maximum absolute atomic E-state index is 11.7. The van der Waals surface area contributed by atoms with Crippen LogP contribution in [0, 0.1) is 5.92 Å². The van der Waals surface area contributed by atoms with Crippen molar-refractivity contribution in [2.75, 3.05) is 40.4 Å². The summed E-state index contributed by atoms with van der Waals surface area (Å²) in [4.78, 5) is 26.1. The van der Waals surface area contributed by atoms with Crippen LogP contribution in [0.4, 0.5) is 0 Å². The van der Waals surface area contributed by atoms with E-state index in [1.54, 1.807) is 20.4 Å². The summed E-state index contributed by atoms with van der Waals surface area (Å²) >= 11 is 14.4. The molecule has 4 heterocycles. The Morgan fingerprint density at radius 3 is 2.33 bits per heavy atom. The number of methoxy groups -OCH3 is 2. The second-order valence-electron chi connectivity index (χ2n) is 13.9. The standard InChI is InChI=1S/C38H39Cl2N5O3/c1-22-17-45(18-22)31-11-10-23-14-24(15-32(47-2)34(23)31)25-6-4-7-26(35(25)39)27-8-5-9-28(36(27)40)29-16-41-30(37(42-29)48-3)19-44-20-38(21-44)13-12-33(46)43-38/h4-9,14-16,22,31H,10-13,17-21H2,1-3H3,(H,43,46)/t31-/m1/s1. The third kappa shape index (κ3) is 5.43. The third-order valence-corrected chi connectivity index (χ3v) is 11.4. The molecule has 248 valence electrons. The SMILES string of the molecule is COc1cc(-c2cccc(-c3cccc(-c4cnc(CN5CC6(CCC(=O)N6)C5)c(OC)n4)c3Cl)c2Cl)cc2c1[C@H](N1CC(C)C1)CC2. The van der Waals surface area contributed by atoms with Gasteiger partial charge in [0.1, 0.15) is 11.4 Å². The lowest BCUT2D eigenvalue weighted by molar-refractivity contribution is -0.120. The molecule has 0 unspecified atom stereocenters. The van der Waals surface area contributed by atoms with Gasteiger partial charge < -0.3 is 14.8 Å². The maximum atomic E-state index is 11.7. The predicted octanol–water partition coefficient (Wildman–Crippen LogP) is 7.21. The predicted molar refractivity (Wildman–Crippen MR) is 189 cm³/mol. The lowest BCUT2D eigenvalue weighted by Gasteiger charge is -2.47. The van der Waals surface area contributed by atoms with E-state index < -0.39 is 0 Å². The monoisotopic (exact) mass is 683 g/mol. The van der Waals surface area contributed by atoms with Crippen molar-refractivity contribution in [2.45, 2.75) is 50.7 Å². The number of nitrogens with one attached hydrogen (secondary N) is 1. The minimum absolute atomic E-state index is 0.0906. The molecule has 10 heteroatoms. The van der Waals surface area contributed by atoms with Gasteiger partial charge in [-0.25, -0.2) is 4.98 Å². The molecule has 0 bridgehead atoms. The molecule has 3 fully saturated rings.